The highest BCUT2D eigenvalue weighted by Gasteiger charge is 2.16. The normalized spacial score (nSPS) is 13.6. The third kappa shape index (κ3) is 4.59. The number of carbonyl (C=O) groups is 1. The number of nitrogens with one attached hydrogen (secondary N) is 2. The lowest BCUT2D eigenvalue weighted by Gasteiger charge is -2.18. The quantitative estimate of drug-likeness (QED) is 0.850. The summed E-state index contributed by atoms with van der Waals surface area (Å²) in [6.07, 6.45) is 0.695. The molecule has 7 nitrogen and oxygen atoms in total. The molecule has 0 aliphatic rings. The van der Waals surface area contributed by atoms with Crippen LogP contribution in [-0.2, 0) is 13.0 Å². The lowest BCUT2D eigenvalue weighted by molar-refractivity contribution is 0.233. The fourth-order valence-electron chi connectivity index (χ4n) is 2.80. The first-order chi connectivity index (χ1) is 11.3. The summed E-state index contributed by atoms with van der Waals surface area (Å²) < 4.78 is 7.07. The highest BCUT2D eigenvalue weighted by atomic mass is 16.5. The predicted molar refractivity (Wildman–Crippen MR) is 92.0 cm³/mol. The molecule has 2 aromatic rings. The monoisotopic (exact) mass is 333 g/mol. The molecule has 2 N–H and O–H groups in total. The van der Waals surface area contributed by atoms with E-state index in [1.165, 1.54) is 0 Å². The molecule has 2 atom stereocenters. The van der Waals surface area contributed by atoms with Gasteiger partial charge in [0.25, 0.3) is 0 Å². The Balaban J connectivity index is 1.82. The lowest BCUT2D eigenvalue weighted by atomic mass is 10.1. The Morgan fingerprint density at radius 3 is 2.42 bits per heavy atom. The van der Waals surface area contributed by atoms with Crippen molar-refractivity contribution in [3.63, 3.8) is 0 Å². The molecule has 0 bridgehead atoms. The highest BCUT2D eigenvalue weighted by molar-refractivity contribution is 5.74. The topological polar surface area (TPSA) is 85.0 Å². The second kappa shape index (κ2) is 7.51. The van der Waals surface area contributed by atoms with Gasteiger partial charge in [0.05, 0.1) is 17.9 Å². The van der Waals surface area contributed by atoms with Crippen LogP contribution in [0.25, 0.3) is 0 Å². The van der Waals surface area contributed by atoms with Gasteiger partial charge in [-0.2, -0.15) is 5.10 Å². The number of rotatable bonds is 6. The van der Waals surface area contributed by atoms with Gasteiger partial charge >= 0.3 is 6.03 Å². The molecule has 0 aromatic carbocycles. The fourth-order valence-corrected chi connectivity index (χ4v) is 2.80. The van der Waals surface area contributed by atoms with E-state index in [1.807, 2.05) is 52.3 Å². The summed E-state index contributed by atoms with van der Waals surface area (Å²) in [6.45, 7) is 12.4. The van der Waals surface area contributed by atoms with Gasteiger partial charge in [0.1, 0.15) is 5.76 Å². The zero-order chi connectivity index (χ0) is 17.9. The molecule has 0 spiro atoms. The molecular weight excluding hydrogens is 306 g/mol. The minimum atomic E-state index is -0.178. The van der Waals surface area contributed by atoms with Crippen molar-refractivity contribution in [1.29, 1.82) is 0 Å². The Morgan fingerprint density at radius 1 is 1.21 bits per heavy atom. The van der Waals surface area contributed by atoms with Gasteiger partial charge in [0, 0.05) is 23.3 Å². The summed E-state index contributed by atoms with van der Waals surface area (Å²) in [7, 11) is 0. The Kier molecular flexibility index (Phi) is 5.64. The number of aryl methyl sites for hydroxylation is 4. The van der Waals surface area contributed by atoms with E-state index < -0.39 is 0 Å². The molecule has 2 rings (SSSR count). The predicted octanol–water partition coefficient (Wildman–Crippen LogP) is 2.42. The summed E-state index contributed by atoms with van der Waals surface area (Å²) in [5, 5.41) is 14.3. The Morgan fingerprint density at radius 2 is 1.88 bits per heavy atom. The van der Waals surface area contributed by atoms with E-state index in [2.05, 4.69) is 20.9 Å². The van der Waals surface area contributed by atoms with Crippen molar-refractivity contribution in [2.45, 2.75) is 66.6 Å². The van der Waals surface area contributed by atoms with Crippen LogP contribution in [-0.4, -0.2) is 33.1 Å². The molecule has 2 heterocycles. The third-order valence-electron chi connectivity index (χ3n) is 4.00. The van der Waals surface area contributed by atoms with Crippen molar-refractivity contribution >= 4 is 6.03 Å². The highest BCUT2D eigenvalue weighted by Crippen LogP contribution is 2.14. The molecule has 0 aliphatic heterocycles. The molecule has 24 heavy (non-hydrogen) atoms. The number of hydrogen-bond donors (Lipinski definition) is 2. The summed E-state index contributed by atoms with van der Waals surface area (Å²) >= 11 is 0. The summed E-state index contributed by atoms with van der Waals surface area (Å²) in [5.41, 5.74) is 4.00. The molecule has 132 valence electrons. The first-order valence-electron chi connectivity index (χ1n) is 8.26. The van der Waals surface area contributed by atoms with Gasteiger partial charge < -0.3 is 15.2 Å². The molecule has 0 aliphatic carbocycles. The molecule has 2 amide bonds. The van der Waals surface area contributed by atoms with Crippen LogP contribution in [0, 0.1) is 27.7 Å². The number of nitrogens with zero attached hydrogens (tertiary/aromatic N) is 3. The van der Waals surface area contributed by atoms with Crippen molar-refractivity contribution in [3.05, 3.63) is 34.5 Å². The molecule has 0 radical (unpaired) electrons. The Bertz CT molecular complexity index is 684. The SMILES string of the molecule is Cc1cc(C)n(C[C@@H](C)NC(=O)N[C@H](C)Cc2c(C)noc2C)n1. The van der Waals surface area contributed by atoms with Crippen LogP contribution in [0.4, 0.5) is 4.79 Å². The maximum absolute atomic E-state index is 12.2. The minimum absolute atomic E-state index is 0.0114. The summed E-state index contributed by atoms with van der Waals surface area (Å²) in [6, 6.07) is 1.82. The van der Waals surface area contributed by atoms with E-state index in [1.54, 1.807) is 0 Å². The maximum Gasteiger partial charge on any atom is 0.315 e. The molecule has 2 aromatic heterocycles. The second-order valence-corrected chi connectivity index (χ2v) is 6.54. The maximum atomic E-state index is 12.2. The van der Waals surface area contributed by atoms with Crippen LogP contribution < -0.4 is 10.6 Å². The minimum Gasteiger partial charge on any atom is -0.361 e. The van der Waals surface area contributed by atoms with Gasteiger partial charge in [-0.3, -0.25) is 4.68 Å². The van der Waals surface area contributed by atoms with Gasteiger partial charge in [-0.15, -0.1) is 0 Å². The van der Waals surface area contributed by atoms with E-state index in [4.69, 9.17) is 4.52 Å². The Hall–Kier alpha value is -2.31. The summed E-state index contributed by atoms with van der Waals surface area (Å²) in [4.78, 5) is 12.2. The van der Waals surface area contributed by atoms with Gasteiger partial charge in [0.15, 0.2) is 0 Å². The largest absolute Gasteiger partial charge is 0.361 e. The first kappa shape index (κ1) is 18.0. The van der Waals surface area contributed by atoms with Crippen molar-refractivity contribution in [2.24, 2.45) is 0 Å². The van der Waals surface area contributed by atoms with Gasteiger partial charge in [0.2, 0.25) is 0 Å². The van der Waals surface area contributed by atoms with Crippen molar-refractivity contribution in [2.75, 3.05) is 0 Å². The average molecular weight is 333 g/mol. The van der Waals surface area contributed by atoms with Gasteiger partial charge in [-0.25, -0.2) is 4.79 Å². The van der Waals surface area contributed by atoms with Crippen LogP contribution in [0.15, 0.2) is 10.6 Å². The number of urea groups is 1. The van der Waals surface area contributed by atoms with Crippen LogP contribution in [0.3, 0.4) is 0 Å². The number of aromatic nitrogens is 3. The molecule has 7 heteroatoms. The van der Waals surface area contributed by atoms with Gasteiger partial charge in [-0.05, 0) is 54.0 Å². The van der Waals surface area contributed by atoms with Crippen molar-refractivity contribution in [3.8, 4) is 0 Å². The van der Waals surface area contributed by atoms with Gasteiger partial charge in [-0.1, -0.05) is 5.16 Å². The average Bonchev–Trinajstić information content (AvgIpc) is 2.94. The number of amides is 2. The third-order valence-corrected chi connectivity index (χ3v) is 4.00. The molecule has 0 saturated carbocycles. The van der Waals surface area contributed by atoms with E-state index in [0.717, 1.165) is 28.4 Å². The Labute approximate surface area is 142 Å². The second-order valence-electron chi connectivity index (χ2n) is 6.54. The van der Waals surface area contributed by atoms with Crippen LogP contribution in [0.1, 0.15) is 42.3 Å². The zero-order valence-corrected chi connectivity index (χ0v) is 15.3. The number of hydrogen-bond acceptors (Lipinski definition) is 4. The standard InChI is InChI=1S/C17H27N5O2/c1-10(8-16-14(5)21-24-15(16)6)18-17(23)19-12(3)9-22-13(4)7-11(2)20-22/h7,10,12H,8-9H2,1-6H3,(H2,18,19,23)/t10-,12-/m1/s1. The van der Waals surface area contributed by atoms with Crippen LogP contribution in [0.2, 0.25) is 0 Å². The molecule has 0 fully saturated rings. The number of carbonyl (C=O) groups excluding carboxylic acids is 1. The van der Waals surface area contributed by atoms with E-state index in [-0.39, 0.29) is 18.1 Å². The molecule has 0 unspecified atom stereocenters. The molecule has 0 saturated heterocycles. The lowest BCUT2D eigenvalue weighted by Crippen LogP contribution is -2.46. The fraction of sp³-hybridized carbons (Fsp3) is 0.588. The van der Waals surface area contributed by atoms with E-state index in [9.17, 15) is 4.79 Å². The van der Waals surface area contributed by atoms with Crippen molar-refractivity contribution < 1.29 is 9.32 Å². The van der Waals surface area contributed by atoms with E-state index in [0.29, 0.717) is 13.0 Å². The smallest absolute Gasteiger partial charge is 0.315 e. The molecular formula is C17H27N5O2. The van der Waals surface area contributed by atoms with Crippen LogP contribution >= 0.6 is 0 Å². The van der Waals surface area contributed by atoms with E-state index >= 15 is 0 Å². The van der Waals surface area contributed by atoms with Crippen molar-refractivity contribution in [1.82, 2.24) is 25.6 Å². The first-order valence-corrected chi connectivity index (χ1v) is 8.26. The van der Waals surface area contributed by atoms with Crippen LogP contribution in [0.5, 0.6) is 0 Å². The summed E-state index contributed by atoms with van der Waals surface area (Å²) in [5.74, 6) is 0.805. The zero-order valence-electron chi connectivity index (χ0n) is 15.3.